The predicted octanol–water partition coefficient (Wildman–Crippen LogP) is 6.42. The van der Waals surface area contributed by atoms with Gasteiger partial charge in [-0.1, -0.05) is 24.3 Å². The summed E-state index contributed by atoms with van der Waals surface area (Å²) in [6.45, 7) is 5.99. The third kappa shape index (κ3) is 3.05. The Labute approximate surface area is 173 Å². The third-order valence-corrected chi connectivity index (χ3v) is 5.42. The van der Waals surface area contributed by atoms with Gasteiger partial charge in [-0.25, -0.2) is 4.98 Å². The smallest absolute Gasteiger partial charge is 0.291 e. The van der Waals surface area contributed by atoms with E-state index in [0.29, 0.717) is 22.9 Å². The molecular formula is C25H20N2O3. The van der Waals surface area contributed by atoms with Crippen LogP contribution in [0.4, 0.5) is 5.69 Å². The standard InChI is InChI=1S/C25H20N2O3/c1-14-11-20-22(12-15(14)2)30-25(27-20)17-7-6-8-18(13-17)26-24(28)23-16(3)19-9-4-5-10-21(19)29-23/h4-13H,1-3H3,(H,26,28). The normalized spacial score (nSPS) is 11.3. The summed E-state index contributed by atoms with van der Waals surface area (Å²) < 4.78 is 11.7. The first-order valence-electron chi connectivity index (χ1n) is 9.77. The van der Waals surface area contributed by atoms with Gasteiger partial charge in [0, 0.05) is 22.2 Å². The Hall–Kier alpha value is -3.86. The molecule has 2 aromatic heterocycles. The van der Waals surface area contributed by atoms with Crippen LogP contribution in [0.15, 0.2) is 69.5 Å². The van der Waals surface area contributed by atoms with Crippen molar-refractivity contribution in [3.05, 3.63) is 83.1 Å². The molecule has 0 saturated heterocycles. The second-order valence-corrected chi connectivity index (χ2v) is 7.51. The number of oxazole rings is 1. The molecule has 0 fully saturated rings. The number of anilines is 1. The molecule has 30 heavy (non-hydrogen) atoms. The van der Waals surface area contributed by atoms with Crippen molar-refractivity contribution >= 4 is 33.7 Å². The maximum atomic E-state index is 12.8. The van der Waals surface area contributed by atoms with Crippen LogP contribution >= 0.6 is 0 Å². The number of nitrogens with zero attached hydrogens (tertiary/aromatic N) is 1. The number of carbonyl (C=O) groups excluding carboxylic acids is 1. The van der Waals surface area contributed by atoms with E-state index < -0.39 is 0 Å². The number of hydrogen-bond acceptors (Lipinski definition) is 4. The molecule has 0 unspecified atom stereocenters. The first kappa shape index (κ1) is 18.2. The van der Waals surface area contributed by atoms with Crippen LogP contribution in [0.3, 0.4) is 0 Å². The lowest BCUT2D eigenvalue weighted by molar-refractivity contribution is 0.0998. The number of nitrogens with one attached hydrogen (secondary N) is 1. The minimum atomic E-state index is -0.287. The van der Waals surface area contributed by atoms with E-state index in [4.69, 9.17) is 8.83 Å². The van der Waals surface area contributed by atoms with Gasteiger partial charge in [0.2, 0.25) is 5.89 Å². The summed E-state index contributed by atoms with van der Waals surface area (Å²) in [4.78, 5) is 17.4. The lowest BCUT2D eigenvalue weighted by Gasteiger charge is -2.05. The fourth-order valence-electron chi connectivity index (χ4n) is 3.61. The van der Waals surface area contributed by atoms with Crippen LogP contribution in [-0.4, -0.2) is 10.9 Å². The van der Waals surface area contributed by atoms with E-state index in [-0.39, 0.29) is 5.91 Å². The second-order valence-electron chi connectivity index (χ2n) is 7.51. The van der Waals surface area contributed by atoms with Crippen LogP contribution in [0.5, 0.6) is 0 Å². The summed E-state index contributed by atoms with van der Waals surface area (Å²) >= 11 is 0. The van der Waals surface area contributed by atoms with Gasteiger partial charge < -0.3 is 14.2 Å². The van der Waals surface area contributed by atoms with Crippen LogP contribution < -0.4 is 5.32 Å². The van der Waals surface area contributed by atoms with Crippen molar-refractivity contribution in [2.24, 2.45) is 0 Å². The maximum Gasteiger partial charge on any atom is 0.291 e. The van der Waals surface area contributed by atoms with Gasteiger partial charge in [-0.3, -0.25) is 4.79 Å². The predicted molar refractivity (Wildman–Crippen MR) is 118 cm³/mol. The Morgan fingerprint density at radius 3 is 2.50 bits per heavy atom. The van der Waals surface area contributed by atoms with Crippen molar-refractivity contribution in [2.75, 3.05) is 5.32 Å². The topological polar surface area (TPSA) is 68.3 Å². The first-order chi connectivity index (χ1) is 14.5. The summed E-state index contributed by atoms with van der Waals surface area (Å²) in [6.07, 6.45) is 0. The molecule has 1 amide bonds. The molecule has 0 spiro atoms. The third-order valence-electron chi connectivity index (χ3n) is 5.42. The number of hydrogen-bond donors (Lipinski definition) is 1. The average Bonchev–Trinajstić information content (AvgIpc) is 3.30. The Morgan fingerprint density at radius 1 is 0.867 bits per heavy atom. The van der Waals surface area contributed by atoms with E-state index in [1.54, 1.807) is 0 Å². The lowest BCUT2D eigenvalue weighted by Crippen LogP contribution is -2.12. The minimum Gasteiger partial charge on any atom is -0.451 e. The number of aromatic nitrogens is 1. The van der Waals surface area contributed by atoms with Crippen LogP contribution in [0.1, 0.15) is 27.2 Å². The SMILES string of the molecule is Cc1cc2nc(-c3cccc(NC(=O)c4oc5ccccc5c4C)c3)oc2cc1C. The van der Waals surface area contributed by atoms with Crippen molar-refractivity contribution in [3.63, 3.8) is 0 Å². The molecule has 2 heterocycles. The van der Waals surface area contributed by atoms with Crippen LogP contribution in [0.25, 0.3) is 33.5 Å². The Morgan fingerprint density at radius 2 is 1.67 bits per heavy atom. The summed E-state index contributed by atoms with van der Waals surface area (Å²) in [5, 5.41) is 3.86. The zero-order valence-corrected chi connectivity index (χ0v) is 16.9. The van der Waals surface area contributed by atoms with Crippen LogP contribution in [-0.2, 0) is 0 Å². The summed E-state index contributed by atoms with van der Waals surface area (Å²) in [6, 6.07) is 19.1. The number of para-hydroxylation sites is 1. The highest BCUT2D eigenvalue weighted by molar-refractivity contribution is 6.06. The molecule has 148 valence electrons. The molecule has 0 aliphatic rings. The molecule has 5 nitrogen and oxygen atoms in total. The molecule has 0 radical (unpaired) electrons. The molecule has 0 aliphatic carbocycles. The summed E-state index contributed by atoms with van der Waals surface area (Å²) in [5.41, 5.74) is 6.86. The number of carbonyl (C=O) groups is 1. The molecule has 0 atom stereocenters. The van der Waals surface area contributed by atoms with E-state index in [0.717, 1.165) is 33.2 Å². The van der Waals surface area contributed by atoms with E-state index >= 15 is 0 Å². The van der Waals surface area contributed by atoms with Gasteiger partial charge >= 0.3 is 0 Å². The highest BCUT2D eigenvalue weighted by Gasteiger charge is 2.18. The second kappa shape index (κ2) is 6.88. The summed E-state index contributed by atoms with van der Waals surface area (Å²) in [7, 11) is 0. The zero-order valence-electron chi connectivity index (χ0n) is 16.9. The molecule has 5 heteroatoms. The lowest BCUT2D eigenvalue weighted by atomic mass is 10.1. The number of aryl methyl sites for hydroxylation is 3. The fourth-order valence-corrected chi connectivity index (χ4v) is 3.61. The Balaban J connectivity index is 1.46. The molecule has 0 aliphatic heterocycles. The Bertz CT molecular complexity index is 1390. The zero-order chi connectivity index (χ0) is 20.8. The van der Waals surface area contributed by atoms with Crippen LogP contribution in [0, 0.1) is 20.8 Å². The van der Waals surface area contributed by atoms with Crippen molar-refractivity contribution in [1.82, 2.24) is 4.98 Å². The van der Waals surface area contributed by atoms with Gasteiger partial charge in [-0.15, -0.1) is 0 Å². The largest absolute Gasteiger partial charge is 0.451 e. The van der Waals surface area contributed by atoms with Gasteiger partial charge in [-0.05, 0) is 68.3 Å². The number of rotatable bonds is 3. The molecular weight excluding hydrogens is 376 g/mol. The van der Waals surface area contributed by atoms with E-state index in [1.165, 1.54) is 5.56 Å². The van der Waals surface area contributed by atoms with Crippen molar-refractivity contribution in [2.45, 2.75) is 20.8 Å². The fraction of sp³-hybridized carbons (Fsp3) is 0.120. The number of furan rings is 1. The highest BCUT2D eigenvalue weighted by Crippen LogP contribution is 2.29. The van der Waals surface area contributed by atoms with E-state index in [2.05, 4.69) is 17.2 Å². The van der Waals surface area contributed by atoms with Gasteiger partial charge in [0.1, 0.15) is 11.1 Å². The molecule has 0 bridgehead atoms. The minimum absolute atomic E-state index is 0.287. The van der Waals surface area contributed by atoms with E-state index in [9.17, 15) is 4.79 Å². The average molecular weight is 396 g/mol. The number of amides is 1. The number of fused-ring (bicyclic) bond motifs is 2. The monoisotopic (exact) mass is 396 g/mol. The molecule has 3 aromatic carbocycles. The highest BCUT2D eigenvalue weighted by atomic mass is 16.4. The quantitative estimate of drug-likeness (QED) is 0.382. The van der Waals surface area contributed by atoms with Crippen molar-refractivity contribution < 1.29 is 13.6 Å². The molecule has 1 N–H and O–H groups in total. The van der Waals surface area contributed by atoms with E-state index in [1.807, 2.05) is 74.5 Å². The van der Waals surface area contributed by atoms with Gasteiger partial charge in [0.05, 0.1) is 0 Å². The number of benzene rings is 3. The van der Waals surface area contributed by atoms with Gasteiger partial charge in [0.25, 0.3) is 5.91 Å². The molecule has 0 saturated carbocycles. The van der Waals surface area contributed by atoms with Crippen molar-refractivity contribution in [3.8, 4) is 11.5 Å². The van der Waals surface area contributed by atoms with Gasteiger partial charge in [0.15, 0.2) is 11.3 Å². The molecule has 5 rings (SSSR count). The first-order valence-corrected chi connectivity index (χ1v) is 9.77. The van der Waals surface area contributed by atoms with Crippen LogP contribution in [0.2, 0.25) is 0 Å². The maximum absolute atomic E-state index is 12.8. The Kier molecular flexibility index (Phi) is 4.17. The van der Waals surface area contributed by atoms with Crippen molar-refractivity contribution in [1.29, 1.82) is 0 Å². The summed E-state index contributed by atoms with van der Waals surface area (Å²) in [5.74, 6) is 0.546. The van der Waals surface area contributed by atoms with Gasteiger partial charge in [-0.2, -0.15) is 0 Å². The molecule has 5 aromatic rings.